The number of benzene rings is 1. The van der Waals surface area contributed by atoms with Gasteiger partial charge in [-0.2, -0.15) is 11.8 Å². The van der Waals surface area contributed by atoms with Crippen molar-refractivity contribution in [2.75, 3.05) is 19.1 Å². The van der Waals surface area contributed by atoms with E-state index in [4.69, 9.17) is 4.74 Å². The Hall–Kier alpha value is -2.75. The molecule has 0 aliphatic heterocycles. The van der Waals surface area contributed by atoms with Crippen LogP contribution >= 0.6 is 11.8 Å². The molecule has 10 heteroatoms. The lowest BCUT2D eigenvalue weighted by molar-refractivity contribution is -0.144. The van der Waals surface area contributed by atoms with Crippen LogP contribution in [0.5, 0.6) is 0 Å². The molecule has 184 valence electrons. The minimum Gasteiger partial charge on any atom is -0.467 e. The van der Waals surface area contributed by atoms with Crippen molar-refractivity contribution in [3.05, 3.63) is 35.9 Å². The zero-order chi connectivity index (χ0) is 25.0. The molecule has 33 heavy (non-hydrogen) atoms. The number of thioether (sulfide) groups is 1. The molecular weight excluding hydrogens is 446 g/mol. The molecule has 0 radical (unpaired) electrons. The third kappa shape index (κ3) is 11.1. The number of ether oxygens (including phenoxy) is 2. The molecule has 0 aliphatic rings. The molecule has 0 spiro atoms. The van der Waals surface area contributed by atoms with Gasteiger partial charge in [-0.25, -0.2) is 9.59 Å². The van der Waals surface area contributed by atoms with Gasteiger partial charge in [0.2, 0.25) is 11.8 Å². The van der Waals surface area contributed by atoms with Gasteiger partial charge in [-0.3, -0.25) is 9.59 Å². The van der Waals surface area contributed by atoms with E-state index in [1.807, 2.05) is 36.6 Å². The lowest BCUT2D eigenvalue weighted by Gasteiger charge is -2.25. The summed E-state index contributed by atoms with van der Waals surface area (Å²) in [5, 5.41) is 7.88. The Balaban J connectivity index is 3.00. The molecule has 0 aromatic heterocycles. The first-order chi connectivity index (χ1) is 15.5. The number of esters is 1. The maximum absolute atomic E-state index is 13.1. The molecular formula is C23H35N3O6S. The number of carbonyl (C=O) groups excluding carboxylic acids is 4. The largest absolute Gasteiger partial charge is 0.467 e. The van der Waals surface area contributed by atoms with Crippen LogP contribution in [0.1, 0.15) is 39.7 Å². The highest BCUT2D eigenvalue weighted by Gasteiger charge is 2.29. The third-order valence-corrected chi connectivity index (χ3v) is 5.09. The van der Waals surface area contributed by atoms with Crippen molar-refractivity contribution in [2.24, 2.45) is 0 Å². The van der Waals surface area contributed by atoms with E-state index < -0.39 is 47.6 Å². The van der Waals surface area contributed by atoms with Crippen molar-refractivity contribution >= 4 is 35.6 Å². The van der Waals surface area contributed by atoms with Crippen molar-refractivity contribution in [3.63, 3.8) is 0 Å². The van der Waals surface area contributed by atoms with Gasteiger partial charge in [-0.15, -0.1) is 0 Å². The van der Waals surface area contributed by atoms with E-state index in [2.05, 4.69) is 20.7 Å². The predicted molar refractivity (Wildman–Crippen MR) is 128 cm³/mol. The molecule has 0 heterocycles. The van der Waals surface area contributed by atoms with E-state index in [0.717, 1.165) is 5.56 Å². The van der Waals surface area contributed by atoms with Crippen LogP contribution < -0.4 is 16.0 Å². The van der Waals surface area contributed by atoms with E-state index in [-0.39, 0.29) is 6.42 Å². The Morgan fingerprint density at radius 2 is 1.58 bits per heavy atom. The standard InChI is InChI=1S/C23H35N3O6S/c1-15(21(29)31-5)24-19(27)17(12-13-33-6)25-20(28)18(14-16-10-8-7-9-11-16)26-22(30)32-23(2,3)4/h7-11,15,17-18H,12-14H2,1-6H3,(H,24,27)(H,25,28)(H,26,30)/t15-,17-,18-/m1/s1. The fraction of sp³-hybridized carbons (Fsp3) is 0.565. The summed E-state index contributed by atoms with van der Waals surface area (Å²) in [6.07, 6.45) is 1.71. The lowest BCUT2D eigenvalue weighted by Crippen LogP contribution is -2.56. The second kappa shape index (κ2) is 13.7. The molecule has 0 fully saturated rings. The summed E-state index contributed by atoms with van der Waals surface area (Å²) in [5.74, 6) is -1.03. The first kappa shape index (κ1) is 28.3. The Morgan fingerprint density at radius 3 is 2.12 bits per heavy atom. The summed E-state index contributed by atoms with van der Waals surface area (Å²) in [5.41, 5.74) is 0.0981. The predicted octanol–water partition coefficient (Wildman–Crippen LogP) is 2.04. The minimum absolute atomic E-state index is 0.210. The molecule has 0 bridgehead atoms. The molecule has 0 unspecified atom stereocenters. The summed E-state index contributed by atoms with van der Waals surface area (Å²) in [6.45, 7) is 6.68. The number of hydrogen-bond acceptors (Lipinski definition) is 7. The van der Waals surface area contributed by atoms with Crippen LogP contribution in [-0.4, -0.2) is 66.7 Å². The van der Waals surface area contributed by atoms with Crippen molar-refractivity contribution < 1.29 is 28.7 Å². The molecule has 1 aromatic carbocycles. The third-order valence-electron chi connectivity index (χ3n) is 4.45. The number of nitrogens with one attached hydrogen (secondary N) is 3. The van der Waals surface area contributed by atoms with Gasteiger partial charge in [0.25, 0.3) is 0 Å². The quantitative estimate of drug-likeness (QED) is 0.413. The van der Waals surface area contributed by atoms with Crippen LogP contribution in [-0.2, 0) is 30.3 Å². The molecule has 1 aromatic rings. The van der Waals surface area contributed by atoms with Gasteiger partial charge in [0, 0.05) is 6.42 Å². The van der Waals surface area contributed by atoms with Crippen LogP contribution in [0.15, 0.2) is 30.3 Å². The Morgan fingerprint density at radius 1 is 0.970 bits per heavy atom. The lowest BCUT2D eigenvalue weighted by atomic mass is 10.0. The van der Waals surface area contributed by atoms with E-state index >= 15 is 0 Å². The highest BCUT2D eigenvalue weighted by Crippen LogP contribution is 2.10. The normalized spacial score (nSPS) is 13.8. The highest BCUT2D eigenvalue weighted by molar-refractivity contribution is 7.98. The van der Waals surface area contributed by atoms with Gasteiger partial charge in [0.05, 0.1) is 7.11 Å². The zero-order valence-electron chi connectivity index (χ0n) is 20.1. The van der Waals surface area contributed by atoms with E-state index in [1.165, 1.54) is 25.8 Å². The number of rotatable bonds is 11. The Labute approximate surface area is 199 Å². The first-order valence-corrected chi connectivity index (χ1v) is 12.1. The van der Waals surface area contributed by atoms with Gasteiger partial charge < -0.3 is 25.4 Å². The van der Waals surface area contributed by atoms with Crippen molar-refractivity contribution in [3.8, 4) is 0 Å². The van der Waals surface area contributed by atoms with Crippen molar-refractivity contribution in [2.45, 2.75) is 64.3 Å². The van der Waals surface area contributed by atoms with Gasteiger partial charge in [0.15, 0.2) is 0 Å². The van der Waals surface area contributed by atoms with Crippen molar-refractivity contribution in [1.29, 1.82) is 0 Å². The fourth-order valence-electron chi connectivity index (χ4n) is 2.84. The average molecular weight is 482 g/mol. The van der Waals surface area contributed by atoms with Gasteiger partial charge in [-0.1, -0.05) is 30.3 Å². The van der Waals surface area contributed by atoms with E-state index in [1.54, 1.807) is 20.8 Å². The second-order valence-corrected chi connectivity index (χ2v) is 9.47. The molecule has 0 aliphatic carbocycles. The molecule has 3 N–H and O–H groups in total. The monoisotopic (exact) mass is 481 g/mol. The number of carbonyl (C=O) groups is 4. The smallest absolute Gasteiger partial charge is 0.408 e. The number of hydrogen-bond donors (Lipinski definition) is 3. The number of alkyl carbamates (subject to hydrolysis) is 1. The minimum atomic E-state index is -0.968. The summed E-state index contributed by atoms with van der Waals surface area (Å²) in [4.78, 5) is 49.9. The number of amides is 3. The molecule has 0 saturated heterocycles. The molecule has 1 rings (SSSR count). The van der Waals surface area contributed by atoms with E-state index in [9.17, 15) is 19.2 Å². The van der Waals surface area contributed by atoms with Gasteiger partial charge in [-0.05, 0) is 51.7 Å². The fourth-order valence-corrected chi connectivity index (χ4v) is 3.31. The molecule has 0 saturated carbocycles. The Bertz CT molecular complexity index is 797. The van der Waals surface area contributed by atoms with Gasteiger partial charge in [0.1, 0.15) is 23.7 Å². The molecule has 3 atom stereocenters. The van der Waals surface area contributed by atoms with Crippen LogP contribution in [0, 0.1) is 0 Å². The Kier molecular flexibility index (Phi) is 11.8. The second-order valence-electron chi connectivity index (χ2n) is 8.48. The maximum Gasteiger partial charge on any atom is 0.408 e. The number of methoxy groups -OCH3 is 1. The summed E-state index contributed by atoms with van der Waals surface area (Å²) >= 11 is 1.52. The zero-order valence-corrected chi connectivity index (χ0v) is 20.9. The molecule has 3 amide bonds. The SMILES string of the molecule is COC(=O)[C@@H](C)NC(=O)[C@@H](CCSC)NC(=O)[C@@H](Cc1ccccc1)NC(=O)OC(C)(C)C. The summed E-state index contributed by atoms with van der Waals surface area (Å²) in [7, 11) is 1.23. The molecule has 9 nitrogen and oxygen atoms in total. The average Bonchev–Trinajstić information content (AvgIpc) is 2.74. The van der Waals surface area contributed by atoms with Crippen LogP contribution in [0.4, 0.5) is 4.79 Å². The highest BCUT2D eigenvalue weighted by atomic mass is 32.2. The van der Waals surface area contributed by atoms with Crippen molar-refractivity contribution in [1.82, 2.24) is 16.0 Å². The van der Waals surface area contributed by atoms with Crippen LogP contribution in [0.2, 0.25) is 0 Å². The topological polar surface area (TPSA) is 123 Å². The van der Waals surface area contributed by atoms with E-state index in [0.29, 0.717) is 12.2 Å². The van der Waals surface area contributed by atoms with Gasteiger partial charge >= 0.3 is 12.1 Å². The van der Waals surface area contributed by atoms with Crippen LogP contribution in [0.3, 0.4) is 0 Å². The summed E-state index contributed by atoms with van der Waals surface area (Å²) in [6, 6.07) is 6.48. The first-order valence-electron chi connectivity index (χ1n) is 10.7. The van der Waals surface area contributed by atoms with Crippen LogP contribution in [0.25, 0.3) is 0 Å². The maximum atomic E-state index is 13.1. The summed E-state index contributed by atoms with van der Waals surface area (Å²) < 4.78 is 9.94.